The second-order valence-corrected chi connectivity index (χ2v) is 3.28. The van der Waals surface area contributed by atoms with Gasteiger partial charge in [0.15, 0.2) is 0 Å². The van der Waals surface area contributed by atoms with Gasteiger partial charge in [0, 0.05) is 16.6 Å². The van der Waals surface area contributed by atoms with Gasteiger partial charge in [-0.1, -0.05) is 35.8 Å². The lowest BCUT2D eigenvalue weighted by Crippen LogP contribution is -2.01. The molecular formula is C9H9Cl2N. The molecule has 0 aliphatic carbocycles. The Kier molecular flexibility index (Phi) is 3.15. The lowest BCUT2D eigenvalue weighted by atomic mass is 10.1. The molecule has 0 unspecified atom stereocenters. The average molecular weight is 202 g/mol. The minimum absolute atomic E-state index is 0.404. The minimum Gasteiger partial charge on any atom is -0.326 e. The van der Waals surface area contributed by atoms with Gasteiger partial charge < -0.3 is 5.73 Å². The molecule has 12 heavy (non-hydrogen) atoms. The number of hydrogen-bond acceptors (Lipinski definition) is 1. The summed E-state index contributed by atoms with van der Waals surface area (Å²) in [6, 6.07) is 5.27. The van der Waals surface area contributed by atoms with Crippen molar-refractivity contribution in [2.75, 3.05) is 6.54 Å². The van der Waals surface area contributed by atoms with Gasteiger partial charge in [-0.05, 0) is 23.3 Å². The number of hydrogen-bond donors (Lipinski definition) is 1. The SMILES string of the molecule is C=C(CN)c1ccc(Cl)cc1Cl. The Bertz CT molecular complexity index is 307. The van der Waals surface area contributed by atoms with Crippen LogP contribution in [0.1, 0.15) is 5.56 Å². The van der Waals surface area contributed by atoms with Crippen LogP contribution >= 0.6 is 23.2 Å². The molecule has 0 radical (unpaired) electrons. The minimum atomic E-state index is 0.404. The van der Waals surface area contributed by atoms with Gasteiger partial charge in [0.1, 0.15) is 0 Å². The van der Waals surface area contributed by atoms with Crippen molar-refractivity contribution in [3.63, 3.8) is 0 Å². The van der Waals surface area contributed by atoms with E-state index in [1.807, 2.05) is 6.07 Å². The standard InChI is InChI=1S/C9H9Cl2N/c1-6(5-12)8-3-2-7(10)4-9(8)11/h2-4H,1,5,12H2. The fourth-order valence-electron chi connectivity index (χ4n) is 0.886. The van der Waals surface area contributed by atoms with Crippen molar-refractivity contribution in [1.82, 2.24) is 0 Å². The summed E-state index contributed by atoms with van der Waals surface area (Å²) >= 11 is 11.6. The van der Waals surface area contributed by atoms with Crippen molar-refractivity contribution in [1.29, 1.82) is 0 Å². The quantitative estimate of drug-likeness (QED) is 0.783. The van der Waals surface area contributed by atoms with Gasteiger partial charge in [0.2, 0.25) is 0 Å². The third-order valence-electron chi connectivity index (χ3n) is 1.56. The number of nitrogens with two attached hydrogens (primary N) is 1. The zero-order valence-corrected chi connectivity index (χ0v) is 7.99. The average Bonchev–Trinajstić information content (AvgIpc) is 2.03. The molecule has 0 fully saturated rings. The predicted octanol–water partition coefficient (Wildman–Crippen LogP) is 2.97. The maximum atomic E-state index is 5.90. The van der Waals surface area contributed by atoms with Gasteiger partial charge in [0.05, 0.1) is 0 Å². The van der Waals surface area contributed by atoms with Crippen molar-refractivity contribution in [3.05, 3.63) is 40.4 Å². The van der Waals surface area contributed by atoms with Crippen LogP contribution in [0, 0.1) is 0 Å². The topological polar surface area (TPSA) is 26.0 Å². The molecule has 64 valence electrons. The Morgan fingerprint density at radius 3 is 2.58 bits per heavy atom. The Balaban J connectivity index is 3.09. The second-order valence-electron chi connectivity index (χ2n) is 2.43. The maximum Gasteiger partial charge on any atom is 0.0496 e. The first kappa shape index (κ1) is 9.59. The monoisotopic (exact) mass is 201 g/mol. The lowest BCUT2D eigenvalue weighted by Gasteiger charge is -2.04. The Labute approximate surface area is 81.8 Å². The molecule has 1 rings (SSSR count). The molecule has 0 aromatic heterocycles. The van der Waals surface area contributed by atoms with E-state index in [-0.39, 0.29) is 0 Å². The zero-order chi connectivity index (χ0) is 9.14. The smallest absolute Gasteiger partial charge is 0.0496 e. The van der Waals surface area contributed by atoms with E-state index in [1.54, 1.807) is 12.1 Å². The van der Waals surface area contributed by atoms with Crippen molar-refractivity contribution in [2.45, 2.75) is 0 Å². The molecule has 0 heterocycles. The Morgan fingerprint density at radius 1 is 1.42 bits per heavy atom. The van der Waals surface area contributed by atoms with Gasteiger partial charge in [-0.25, -0.2) is 0 Å². The number of benzene rings is 1. The molecule has 1 nitrogen and oxygen atoms in total. The Morgan fingerprint density at radius 2 is 2.08 bits per heavy atom. The predicted molar refractivity (Wildman–Crippen MR) is 54.6 cm³/mol. The maximum absolute atomic E-state index is 5.90. The van der Waals surface area contributed by atoms with Crippen LogP contribution in [0.15, 0.2) is 24.8 Å². The molecule has 3 heteroatoms. The fourth-order valence-corrected chi connectivity index (χ4v) is 1.43. The van der Waals surface area contributed by atoms with Crippen molar-refractivity contribution in [3.8, 4) is 0 Å². The first-order chi connectivity index (χ1) is 5.65. The van der Waals surface area contributed by atoms with Crippen LogP contribution in [-0.4, -0.2) is 6.54 Å². The van der Waals surface area contributed by atoms with E-state index in [0.29, 0.717) is 16.6 Å². The van der Waals surface area contributed by atoms with Gasteiger partial charge in [0.25, 0.3) is 0 Å². The van der Waals surface area contributed by atoms with Crippen LogP contribution in [0.4, 0.5) is 0 Å². The van der Waals surface area contributed by atoms with E-state index in [4.69, 9.17) is 28.9 Å². The van der Waals surface area contributed by atoms with Gasteiger partial charge in [-0.15, -0.1) is 0 Å². The Hall–Kier alpha value is -0.500. The third kappa shape index (κ3) is 2.01. The van der Waals surface area contributed by atoms with Crippen molar-refractivity contribution >= 4 is 28.8 Å². The molecule has 0 spiro atoms. The van der Waals surface area contributed by atoms with E-state index in [2.05, 4.69) is 6.58 Å². The van der Waals surface area contributed by atoms with Crippen LogP contribution in [0.5, 0.6) is 0 Å². The van der Waals surface area contributed by atoms with Gasteiger partial charge in [-0.3, -0.25) is 0 Å². The zero-order valence-electron chi connectivity index (χ0n) is 6.48. The van der Waals surface area contributed by atoms with Crippen LogP contribution in [0.25, 0.3) is 5.57 Å². The summed E-state index contributed by atoms with van der Waals surface area (Å²) in [5.41, 5.74) is 7.10. The number of rotatable bonds is 2. The summed E-state index contributed by atoms with van der Waals surface area (Å²) in [5, 5.41) is 1.21. The molecule has 0 aliphatic rings. The molecule has 2 N–H and O–H groups in total. The highest BCUT2D eigenvalue weighted by atomic mass is 35.5. The van der Waals surface area contributed by atoms with E-state index in [9.17, 15) is 0 Å². The molecular weight excluding hydrogens is 193 g/mol. The van der Waals surface area contributed by atoms with Crippen LogP contribution in [0.3, 0.4) is 0 Å². The second kappa shape index (κ2) is 3.94. The van der Waals surface area contributed by atoms with Crippen LogP contribution < -0.4 is 5.73 Å². The molecule has 0 aliphatic heterocycles. The fraction of sp³-hybridized carbons (Fsp3) is 0.111. The molecule has 0 saturated heterocycles. The van der Waals surface area contributed by atoms with E-state index >= 15 is 0 Å². The summed E-state index contributed by atoms with van der Waals surface area (Å²) in [7, 11) is 0. The highest BCUT2D eigenvalue weighted by Crippen LogP contribution is 2.25. The number of halogens is 2. The van der Waals surface area contributed by atoms with Crippen LogP contribution in [-0.2, 0) is 0 Å². The first-order valence-corrected chi connectivity index (χ1v) is 4.24. The van der Waals surface area contributed by atoms with Crippen molar-refractivity contribution in [2.24, 2.45) is 5.73 Å². The van der Waals surface area contributed by atoms with Gasteiger partial charge in [-0.2, -0.15) is 0 Å². The molecule has 0 saturated carbocycles. The van der Waals surface area contributed by atoms with E-state index in [0.717, 1.165) is 11.1 Å². The summed E-state index contributed by atoms with van der Waals surface area (Å²) in [4.78, 5) is 0. The molecule has 1 aromatic carbocycles. The normalized spacial score (nSPS) is 9.92. The van der Waals surface area contributed by atoms with Crippen molar-refractivity contribution < 1.29 is 0 Å². The summed E-state index contributed by atoms with van der Waals surface area (Å²) in [6.45, 7) is 4.19. The largest absolute Gasteiger partial charge is 0.326 e. The summed E-state index contributed by atoms with van der Waals surface area (Å²) < 4.78 is 0. The molecule has 0 bridgehead atoms. The first-order valence-electron chi connectivity index (χ1n) is 3.48. The summed E-state index contributed by atoms with van der Waals surface area (Å²) in [5.74, 6) is 0. The highest BCUT2D eigenvalue weighted by molar-refractivity contribution is 6.35. The molecule has 1 aromatic rings. The molecule has 0 atom stereocenters. The molecule has 0 amide bonds. The van der Waals surface area contributed by atoms with E-state index < -0.39 is 0 Å². The third-order valence-corrected chi connectivity index (χ3v) is 2.11. The highest BCUT2D eigenvalue weighted by Gasteiger charge is 2.02. The van der Waals surface area contributed by atoms with E-state index in [1.165, 1.54) is 0 Å². The lowest BCUT2D eigenvalue weighted by molar-refractivity contribution is 1.27. The summed E-state index contributed by atoms with van der Waals surface area (Å²) in [6.07, 6.45) is 0. The van der Waals surface area contributed by atoms with Gasteiger partial charge >= 0.3 is 0 Å². The van der Waals surface area contributed by atoms with Crippen LogP contribution in [0.2, 0.25) is 10.0 Å².